The van der Waals surface area contributed by atoms with Crippen LogP contribution in [0, 0.1) is 0 Å². The van der Waals surface area contributed by atoms with Crippen LogP contribution in [0.15, 0.2) is 71.0 Å². The summed E-state index contributed by atoms with van der Waals surface area (Å²) in [5, 5.41) is 0.662. The summed E-state index contributed by atoms with van der Waals surface area (Å²) < 4.78 is 25.3. The number of nitrogens with zero attached hydrogens (tertiary/aromatic N) is 2. The second-order valence-electron chi connectivity index (χ2n) is 5.20. The van der Waals surface area contributed by atoms with Crippen LogP contribution in [0.3, 0.4) is 0 Å². The molecule has 5 nitrogen and oxygen atoms in total. The Labute approximate surface area is 164 Å². The Hall–Kier alpha value is -1.80. The number of halogens is 1. The van der Waals surface area contributed by atoms with Gasteiger partial charge in [0.05, 0.1) is 20.5 Å². The van der Waals surface area contributed by atoms with Crippen LogP contribution in [0.5, 0.6) is 11.5 Å². The van der Waals surface area contributed by atoms with Crippen LogP contribution in [-0.4, -0.2) is 28.3 Å². The fourth-order valence-electron chi connectivity index (χ4n) is 2.30. The first-order valence-corrected chi connectivity index (χ1v) is 10.1. The quantitative estimate of drug-likeness (QED) is 0.422. The van der Waals surface area contributed by atoms with Crippen molar-refractivity contribution in [3.05, 3.63) is 66.2 Å². The Balaban J connectivity index is 1.92. The molecule has 3 aromatic rings. The van der Waals surface area contributed by atoms with Crippen molar-refractivity contribution in [1.29, 1.82) is 0 Å². The zero-order valence-electron chi connectivity index (χ0n) is 14.2. The van der Waals surface area contributed by atoms with Gasteiger partial charge in [0.2, 0.25) is 4.71 Å². The third-order valence-corrected chi connectivity index (χ3v) is 6.97. The summed E-state index contributed by atoms with van der Waals surface area (Å²) in [5.41, 5.74) is 0. The summed E-state index contributed by atoms with van der Waals surface area (Å²) in [6.07, 6.45) is 5.12. The maximum atomic E-state index is 13.3. The average molecular weight is 409 g/mol. The predicted molar refractivity (Wildman–Crippen MR) is 105 cm³/mol. The Morgan fingerprint density at radius 2 is 1.85 bits per heavy atom. The summed E-state index contributed by atoms with van der Waals surface area (Å²) in [6, 6.07) is 12.7. The van der Waals surface area contributed by atoms with Crippen molar-refractivity contribution in [2.24, 2.45) is 0 Å². The van der Waals surface area contributed by atoms with E-state index in [1.165, 1.54) is 11.8 Å². The molecule has 0 spiro atoms. The van der Waals surface area contributed by atoms with Gasteiger partial charge in [0.25, 0.3) is 0 Å². The van der Waals surface area contributed by atoms with Crippen LogP contribution in [0.25, 0.3) is 0 Å². The number of methoxy groups -OCH3 is 2. The average Bonchev–Trinajstić information content (AvgIpc) is 3.21. The molecule has 0 radical (unpaired) electrons. The van der Waals surface area contributed by atoms with E-state index in [9.17, 15) is 4.55 Å². The lowest BCUT2D eigenvalue weighted by Gasteiger charge is -2.22. The third kappa shape index (κ3) is 4.29. The van der Waals surface area contributed by atoms with Crippen LogP contribution >= 0.6 is 23.4 Å². The lowest BCUT2D eigenvalue weighted by molar-refractivity contribution is 0.354. The monoisotopic (exact) mass is 408 g/mol. The smallest absolute Gasteiger partial charge is 0.250 e. The van der Waals surface area contributed by atoms with Crippen LogP contribution < -0.4 is 9.47 Å². The predicted octanol–water partition coefficient (Wildman–Crippen LogP) is 4.61. The highest BCUT2D eigenvalue weighted by atomic mass is 35.5. The normalized spacial score (nSPS) is 13.2. The van der Waals surface area contributed by atoms with E-state index in [1.54, 1.807) is 51.1 Å². The second-order valence-corrected chi connectivity index (χ2v) is 8.60. The van der Waals surface area contributed by atoms with Gasteiger partial charge in [-0.1, -0.05) is 11.6 Å². The number of benzene rings is 2. The molecule has 0 saturated heterocycles. The van der Waals surface area contributed by atoms with Crippen LogP contribution in [0.1, 0.15) is 4.71 Å². The van der Waals surface area contributed by atoms with Crippen LogP contribution in [0.4, 0.5) is 0 Å². The van der Waals surface area contributed by atoms with E-state index in [0.29, 0.717) is 21.4 Å². The molecular weight excluding hydrogens is 392 g/mol. The van der Waals surface area contributed by atoms with E-state index in [1.807, 2.05) is 28.8 Å². The Kier molecular flexibility index (Phi) is 6.37. The Morgan fingerprint density at radius 3 is 2.46 bits per heavy atom. The summed E-state index contributed by atoms with van der Waals surface area (Å²) in [6.45, 7) is 0. The molecule has 0 saturated carbocycles. The van der Waals surface area contributed by atoms with Gasteiger partial charge in [-0.3, -0.25) is 4.57 Å². The summed E-state index contributed by atoms with van der Waals surface area (Å²) in [7, 11) is 3.12. The lowest BCUT2D eigenvalue weighted by Crippen LogP contribution is -2.16. The molecule has 2 unspecified atom stereocenters. The number of rotatable bonds is 7. The summed E-state index contributed by atoms with van der Waals surface area (Å²) in [4.78, 5) is 5.69. The molecule has 0 fully saturated rings. The van der Waals surface area contributed by atoms with Gasteiger partial charge in [0, 0.05) is 39.6 Å². The molecule has 3 rings (SSSR count). The number of ether oxygens (including phenoxy) is 2. The molecule has 8 heteroatoms. The zero-order chi connectivity index (χ0) is 18.5. The third-order valence-electron chi connectivity index (χ3n) is 3.59. The first kappa shape index (κ1) is 19.0. The molecule has 0 aliphatic heterocycles. The molecule has 136 valence electrons. The van der Waals surface area contributed by atoms with Gasteiger partial charge in [0.15, 0.2) is 16.4 Å². The fraction of sp³-hybridized carbons (Fsp3) is 0.167. The van der Waals surface area contributed by atoms with Gasteiger partial charge in [-0.05, 0) is 48.2 Å². The molecule has 0 bridgehead atoms. The topological polar surface area (TPSA) is 59.3 Å². The molecule has 0 aliphatic carbocycles. The number of thioether (sulfide) groups is 1. The number of imidazole rings is 1. The highest BCUT2D eigenvalue weighted by molar-refractivity contribution is 8.12. The van der Waals surface area contributed by atoms with Crippen molar-refractivity contribution < 1.29 is 14.0 Å². The molecular formula is C18H17ClN2O3S2. The first-order chi connectivity index (χ1) is 12.6. The van der Waals surface area contributed by atoms with E-state index < -0.39 is 15.9 Å². The van der Waals surface area contributed by atoms with E-state index >= 15 is 0 Å². The first-order valence-electron chi connectivity index (χ1n) is 7.64. The van der Waals surface area contributed by atoms with Crippen molar-refractivity contribution in [2.45, 2.75) is 14.5 Å². The van der Waals surface area contributed by atoms with E-state index in [0.717, 1.165) is 4.90 Å². The number of hydrogen-bond donors (Lipinski definition) is 0. The molecule has 2 atom stereocenters. The van der Waals surface area contributed by atoms with Gasteiger partial charge in [-0.25, -0.2) is 4.98 Å². The highest BCUT2D eigenvalue weighted by Gasteiger charge is 2.29. The molecule has 0 amide bonds. The van der Waals surface area contributed by atoms with Gasteiger partial charge in [-0.2, -0.15) is 0 Å². The zero-order valence-corrected chi connectivity index (χ0v) is 16.6. The van der Waals surface area contributed by atoms with E-state index in [2.05, 4.69) is 4.98 Å². The minimum Gasteiger partial charge on any atom is -0.609 e. The van der Waals surface area contributed by atoms with Crippen LogP contribution in [0.2, 0.25) is 5.02 Å². The molecule has 0 aliphatic rings. The van der Waals surface area contributed by atoms with Crippen molar-refractivity contribution in [2.75, 3.05) is 14.2 Å². The van der Waals surface area contributed by atoms with Gasteiger partial charge < -0.3 is 14.0 Å². The van der Waals surface area contributed by atoms with Gasteiger partial charge in [-0.15, -0.1) is 0 Å². The SMILES string of the molecule is COc1ccc([S+]([O-])C(Sc2ccc(Cl)cc2)n2ccnc2)cc1OC. The van der Waals surface area contributed by atoms with Crippen molar-refractivity contribution in [3.8, 4) is 11.5 Å². The fourth-order valence-corrected chi connectivity index (χ4v) is 5.22. The maximum Gasteiger partial charge on any atom is 0.250 e. The van der Waals surface area contributed by atoms with E-state index in [4.69, 9.17) is 21.1 Å². The number of aromatic nitrogens is 2. The van der Waals surface area contributed by atoms with Crippen molar-refractivity contribution in [1.82, 2.24) is 9.55 Å². The Morgan fingerprint density at radius 1 is 1.12 bits per heavy atom. The minimum absolute atomic E-state index is 0.392. The molecule has 26 heavy (non-hydrogen) atoms. The molecule has 0 N–H and O–H groups in total. The summed E-state index contributed by atoms with van der Waals surface area (Å²) >= 11 is 6.07. The standard InChI is InChI=1S/C18H17ClN2O3S2/c1-23-16-8-7-15(11-17(16)24-2)26(22)18(21-10-9-20-12-21)25-14-5-3-13(19)4-6-14/h3-12,18H,1-2H3. The van der Waals surface area contributed by atoms with Crippen molar-refractivity contribution >= 4 is 34.5 Å². The van der Waals surface area contributed by atoms with Crippen LogP contribution in [-0.2, 0) is 11.2 Å². The van der Waals surface area contributed by atoms with E-state index in [-0.39, 0.29) is 0 Å². The summed E-state index contributed by atoms with van der Waals surface area (Å²) in [5.74, 6) is 1.14. The van der Waals surface area contributed by atoms with Gasteiger partial charge >= 0.3 is 0 Å². The largest absolute Gasteiger partial charge is 0.609 e. The molecule has 1 heterocycles. The lowest BCUT2D eigenvalue weighted by atomic mass is 10.3. The molecule has 1 aromatic heterocycles. The Bertz CT molecular complexity index is 844. The number of hydrogen-bond acceptors (Lipinski definition) is 5. The van der Waals surface area contributed by atoms with Gasteiger partial charge in [0.1, 0.15) is 0 Å². The highest BCUT2D eigenvalue weighted by Crippen LogP contribution is 2.41. The maximum absolute atomic E-state index is 13.3. The van der Waals surface area contributed by atoms with Crippen molar-refractivity contribution in [3.63, 3.8) is 0 Å². The second kappa shape index (κ2) is 8.73. The minimum atomic E-state index is -1.36. The molecule has 2 aromatic carbocycles.